The minimum Gasteiger partial charge on any atom is -0.486 e. The molecule has 1 unspecified atom stereocenters. The van der Waals surface area contributed by atoms with Crippen LogP contribution < -0.4 is 4.74 Å². The summed E-state index contributed by atoms with van der Waals surface area (Å²) in [5.74, 6) is 1.88. The normalized spacial score (nSPS) is 20.0. The summed E-state index contributed by atoms with van der Waals surface area (Å²) >= 11 is 0. The zero-order valence-corrected chi connectivity index (χ0v) is 16.8. The van der Waals surface area contributed by atoms with Crippen molar-refractivity contribution < 1.29 is 23.4 Å². The zero-order valence-electron chi connectivity index (χ0n) is 16.8. The average molecular weight is 407 g/mol. The first-order valence-electron chi connectivity index (χ1n) is 10.5. The average Bonchev–Trinajstić information content (AvgIpc) is 3.50. The minimum absolute atomic E-state index is 0.0883. The lowest BCUT2D eigenvalue weighted by atomic mass is 9.97. The third-order valence-electron chi connectivity index (χ3n) is 5.75. The molecule has 2 fully saturated rings. The lowest BCUT2D eigenvalue weighted by molar-refractivity contribution is -0.0970. The van der Waals surface area contributed by atoms with E-state index in [9.17, 15) is 4.79 Å². The van der Waals surface area contributed by atoms with E-state index in [0.29, 0.717) is 31.3 Å². The van der Waals surface area contributed by atoms with Crippen molar-refractivity contribution in [1.82, 2.24) is 4.90 Å². The fourth-order valence-electron chi connectivity index (χ4n) is 4.20. The first-order valence-corrected chi connectivity index (χ1v) is 10.5. The molecule has 2 aliphatic heterocycles. The fraction of sp³-hybridized carbons (Fsp3) is 0.375. The largest absolute Gasteiger partial charge is 0.486 e. The predicted octanol–water partition coefficient (Wildman–Crippen LogP) is 4.24. The first-order chi connectivity index (χ1) is 14.8. The molecule has 0 aliphatic carbocycles. The van der Waals surface area contributed by atoms with Gasteiger partial charge in [0.1, 0.15) is 18.1 Å². The molecule has 0 radical (unpaired) electrons. The van der Waals surface area contributed by atoms with Gasteiger partial charge < -0.3 is 23.5 Å². The van der Waals surface area contributed by atoms with Crippen LogP contribution in [-0.4, -0.2) is 43.4 Å². The van der Waals surface area contributed by atoms with Gasteiger partial charge in [-0.3, -0.25) is 4.79 Å². The summed E-state index contributed by atoms with van der Waals surface area (Å²) in [4.78, 5) is 14.7. The van der Waals surface area contributed by atoms with Crippen LogP contribution in [0.5, 0.6) is 5.75 Å². The number of furan rings is 1. The topological polar surface area (TPSA) is 61.1 Å². The van der Waals surface area contributed by atoms with Gasteiger partial charge in [0, 0.05) is 19.0 Å². The molecule has 3 aromatic rings. The van der Waals surface area contributed by atoms with Gasteiger partial charge in [-0.1, -0.05) is 30.3 Å². The van der Waals surface area contributed by atoms with Crippen molar-refractivity contribution in [1.29, 1.82) is 0 Å². The molecular formula is C24H25NO5. The molecule has 156 valence electrons. The highest BCUT2D eigenvalue weighted by Gasteiger charge is 2.33. The number of nitrogens with zero attached hydrogens (tertiary/aromatic N) is 1. The molecule has 6 nitrogen and oxygen atoms in total. The molecule has 0 saturated carbocycles. The lowest BCUT2D eigenvalue weighted by Crippen LogP contribution is -2.43. The number of rotatable bonds is 5. The fourth-order valence-corrected chi connectivity index (χ4v) is 4.20. The van der Waals surface area contributed by atoms with E-state index in [1.807, 2.05) is 35.2 Å². The highest BCUT2D eigenvalue weighted by molar-refractivity contribution is 5.91. The third-order valence-corrected chi connectivity index (χ3v) is 5.75. The van der Waals surface area contributed by atoms with Crippen molar-refractivity contribution in [2.45, 2.75) is 25.7 Å². The molecular weight excluding hydrogens is 382 g/mol. The van der Waals surface area contributed by atoms with Gasteiger partial charge in [-0.15, -0.1) is 0 Å². The van der Waals surface area contributed by atoms with E-state index in [1.54, 1.807) is 12.1 Å². The summed E-state index contributed by atoms with van der Waals surface area (Å²) in [6.45, 7) is 2.90. The Kier molecular flexibility index (Phi) is 5.43. The van der Waals surface area contributed by atoms with Gasteiger partial charge in [0.15, 0.2) is 12.1 Å². The van der Waals surface area contributed by atoms with Crippen LogP contribution in [0.25, 0.3) is 10.8 Å². The van der Waals surface area contributed by atoms with Crippen molar-refractivity contribution in [2.75, 3.05) is 26.3 Å². The van der Waals surface area contributed by atoms with Crippen LogP contribution in [0.3, 0.4) is 0 Å². The van der Waals surface area contributed by atoms with E-state index < -0.39 is 0 Å². The number of benzene rings is 2. The van der Waals surface area contributed by atoms with Crippen molar-refractivity contribution >= 4 is 16.7 Å². The SMILES string of the molecule is O=C(c1ccc(COc2ccc3ccccc3c2)o1)N1CCCC(C2OCCO2)C1. The van der Waals surface area contributed by atoms with Crippen LogP contribution in [0.4, 0.5) is 0 Å². The maximum absolute atomic E-state index is 12.9. The quantitative estimate of drug-likeness (QED) is 0.633. The molecule has 2 aliphatic rings. The van der Waals surface area contributed by atoms with E-state index in [1.165, 1.54) is 5.39 Å². The van der Waals surface area contributed by atoms with Gasteiger partial charge in [0.05, 0.1) is 13.2 Å². The lowest BCUT2D eigenvalue weighted by Gasteiger charge is -2.34. The summed E-state index contributed by atoms with van der Waals surface area (Å²) in [7, 11) is 0. The van der Waals surface area contributed by atoms with Gasteiger partial charge in [-0.05, 0) is 47.9 Å². The van der Waals surface area contributed by atoms with Crippen LogP contribution >= 0.6 is 0 Å². The standard InChI is InChI=1S/C24H25NO5/c26-23(25-11-3-6-19(15-25)24-27-12-13-28-24)22-10-9-21(30-22)16-29-20-8-7-17-4-1-2-5-18(17)14-20/h1-2,4-5,7-10,14,19,24H,3,6,11-13,15-16H2. The Labute approximate surface area is 175 Å². The number of ether oxygens (including phenoxy) is 3. The number of hydrogen-bond donors (Lipinski definition) is 0. The van der Waals surface area contributed by atoms with Gasteiger partial charge in [0.25, 0.3) is 5.91 Å². The molecule has 30 heavy (non-hydrogen) atoms. The first kappa shape index (κ1) is 19.2. The number of fused-ring (bicyclic) bond motifs is 1. The maximum Gasteiger partial charge on any atom is 0.289 e. The Bertz CT molecular complexity index is 1020. The Morgan fingerprint density at radius 2 is 1.87 bits per heavy atom. The highest BCUT2D eigenvalue weighted by atomic mass is 16.7. The number of likely N-dealkylation sites (tertiary alicyclic amines) is 1. The number of amides is 1. The molecule has 1 aromatic heterocycles. The van der Waals surface area contributed by atoms with Gasteiger partial charge in [0.2, 0.25) is 0 Å². The van der Waals surface area contributed by atoms with E-state index in [4.69, 9.17) is 18.6 Å². The zero-order chi connectivity index (χ0) is 20.3. The minimum atomic E-state index is -0.192. The number of carbonyl (C=O) groups excluding carboxylic acids is 1. The molecule has 2 saturated heterocycles. The van der Waals surface area contributed by atoms with Crippen LogP contribution in [0, 0.1) is 5.92 Å². The number of hydrogen-bond acceptors (Lipinski definition) is 5. The van der Waals surface area contributed by atoms with Gasteiger partial charge >= 0.3 is 0 Å². The molecule has 0 N–H and O–H groups in total. The molecule has 3 heterocycles. The highest BCUT2D eigenvalue weighted by Crippen LogP contribution is 2.26. The second-order valence-corrected chi connectivity index (χ2v) is 7.83. The summed E-state index contributed by atoms with van der Waals surface area (Å²) in [5.41, 5.74) is 0. The van der Waals surface area contributed by atoms with Crippen molar-refractivity contribution in [3.63, 3.8) is 0 Å². The second-order valence-electron chi connectivity index (χ2n) is 7.83. The molecule has 1 amide bonds. The maximum atomic E-state index is 12.9. The monoisotopic (exact) mass is 407 g/mol. The molecule has 6 heteroatoms. The summed E-state index contributed by atoms with van der Waals surface area (Å²) in [6, 6.07) is 17.7. The third kappa shape index (κ3) is 4.06. The summed E-state index contributed by atoms with van der Waals surface area (Å²) < 4.78 is 22.9. The van der Waals surface area contributed by atoms with E-state index in [-0.39, 0.29) is 24.7 Å². The van der Waals surface area contributed by atoms with Crippen LogP contribution in [-0.2, 0) is 16.1 Å². The van der Waals surface area contributed by atoms with Crippen LogP contribution in [0.1, 0.15) is 29.2 Å². The molecule has 2 aromatic carbocycles. The Balaban J connectivity index is 1.20. The van der Waals surface area contributed by atoms with Gasteiger partial charge in [-0.25, -0.2) is 0 Å². The number of piperidine rings is 1. The molecule has 5 rings (SSSR count). The van der Waals surface area contributed by atoms with Crippen LogP contribution in [0.15, 0.2) is 59.0 Å². The van der Waals surface area contributed by atoms with E-state index in [0.717, 1.165) is 30.5 Å². The van der Waals surface area contributed by atoms with Crippen molar-refractivity contribution in [2.24, 2.45) is 5.92 Å². The molecule has 0 spiro atoms. The van der Waals surface area contributed by atoms with Crippen molar-refractivity contribution in [3.05, 3.63) is 66.1 Å². The molecule has 1 atom stereocenters. The Morgan fingerprint density at radius 1 is 1.03 bits per heavy atom. The smallest absolute Gasteiger partial charge is 0.289 e. The second kappa shape index (κ2) is 8.50. The van der Waals surface area contributed by atoms with Gasteiger partial charge in [-0.2, -0.15) is 0 Å². The Morgan fingerprint density at radius 3 is 2.73 bits per heavy atom. The Hall–Kier alpha value is -2.83. The summed E-state index contributed by atoms with van der Waals surface area (Å²) in [6.07, 6.45) is 1.76. The van der Waals surface area contributed by atoms with E-state index in [2.05, 4.69) is 12.1 Å². The van der Waals surface area contributed by atoms with E-state index >= 15 is 0 Å². The number of carbonyl (C=O) groups is 1. The summed E-state index contributed by atoms with van der Waals surface area (Å²) in [5, 5.41) is 2.30. The van der Waals surface area contributed by atoms with Crippen LogP contribution in [0.2, 0.25) is 0 Å². The molecule has 0 bridgehead atoms. The van der Waals surface area contributed by atoms with Crippen molar-refractivity contribution in [3.8, 4) is 5.75 Å². The predicted molar refractivity (Wildman–Crippen MR) is 111 cm³/mol.